The van der Waals surface area contributed by atoms with E-state index in [1.807, 2.05) is 12.1 Å². The Labute approximate surface area is 112 Å². The first-order valence-corrected chi connectivity index (χ1v) is 6.69. The Hall–Kier alpha value is -1.62. The molecule has 5 heteroatoms. The van der Waals surface area contributed by atoms with Crippen LogP contribution in [0.3, 0.4) is 0 Å². The highest BCUT2D eigenvalue weighted by atomic mass is 19.1. The quantitative estimate of drug-likeness (QED) is 0.838. The zero-order chi connectivity index (χ0) is 13.2. The van der Waals surface area contributed by atoms with Crippen LogP contribution in [0, 0.1) is 0 Å². The number of nitrogens with zero attached hydrogens (tertiary/aromatic N) is 1. The van der Waals surface area contributed by atoms with Crippen molar-refractivity contribution in [3.8, 4) is 0 Å². The van der Waals surface area contributed by atoms with Crippen molar-refractivity contribution in [1.82, 2.24) is 15.5 Å². The largest absolute Gasteiger partial charge is 0.336 e. The Balaban J connectivity index is 1.48. The van der Waals surface area contributed by atoms with Gasteiger partial charge in [-0.2, -0.15) is 0 Å². The van der Waals surface area contributed by atoms with Gasteiger partial charge >= 0.3 is 6.03 Å². The minimum absolute atomic E-state index is 0.158. The standard InChI is InChI=1S/C14H18FN3O/c15-12-8-18(9-12)14(19)17-7-13-5-10-3-1-2-4-11(10)6-16-13/h1-4,12-13,16H,5-9H2,(H,17,19). The van der Waals surface area contributed by atoms with Crippen molar-refractivity contribution in [1.29, 1.82) is 0 Å². The fourth-order valence-corrected chi connectivity index (χ4v) is 2.58. The molecule has 2 aliphatic rings. The van der Waals surface area contributed by atoms with Gasteiger partial charge in [-0.1, -0.05) is 24.3 Å². The van der Waals surface area contributed by atoms with Crippen LogP contribution in [0.25, 0.3) is 0 Å². The molecular weight excluding hydrogens is 245 g/mol. The van der Waals surface area contributed by atoms with E-state index in [1.165, 1.54) is 16.0 Å². The van der Waals surface area contributed by atoms with Crippen molar-refractivity contribution >= 4 is 6.03 Å². The number of hydrogen-bond acceptors (Lipinski definition) is 2. The molecule has 2 aliphatic heterocycles. The Morgan fingerprint density at radius 2 is 2.11 bits per heavy atom. The minimum atomic E-state index is -0.842. The summed E-state index contributed by atoms with van der Waals surface area (Å²) in [4.78, 5) is 13.2. The molecule has 0 aliphatic carbocycles. The fourth-order valence-electron chi connectivity index (χ4n) is 2.58. The number of fused-ring (bicyclic) bond motifs is 1. The summed E-state index contributed by atoms with van der Waals surface area (Å²) in [6.45, 7) is 1.88. The third kappa shape index (κ3) is 2.71. The summed E-state index contributed by atoms with van der Waals surface area (Å²) in [7, 11) is 0. The van der Waals surface area contributed by atoms with E-state index < -0.39 is 6.17 Å². The molecule has 0 radical (unpaired) electrons. The van der Waals surface area contributed by atoms with Crippen LogP contribution in [0.2, 0.25) is 0 Å². The van der Waals surface area contributed by atoms with Crippen molar-refractivity contribution in [3.63, 3.8) is 0 Å². The Bertz CT molecular complexity index is 474. The van der Waals surface area contributed by atoms with E-state index in [4.69, 9.17) is 0 Å². The first-order valence-electron chi connectivity index (χ1n) is 6.69. The molecule has 1 fully saturated rings. The van der Waals surface area contributed by atoms with E-state index in [2.05, 4.69) is 22.8 Å². The highest BCUT2D eigenvalue weighted by Gasteiger charge is 2.30. The number of likely N-dealkylation sites (tertiary alicyclic amines) is 1. The van der Waals surface area contributed by atoms with Gasteiger partial charge in [0.05, 0.1) is 13.1 Å². The van der Waals surface area contributed by atoms with Gasteiger partial charge in [0, 0.05) is 19.1 Å². The van der Waals surface area contributed by atoms with Gasteiger partial charge in [0.25, 0.3) is 0 Å². The number of carbonyl (C=O) groups is 1. The maximum absolute atomic E-state index is 12.7. The number of carbonyl (C=O) groups excluding carboxylic acids is 1. The summed E-state index contributed by atoms with van der Waals surface area (Å²) in [6.07, 6.45) is 0.0766. The lowest BCUT2D eigenvalue weighted by Gasteiger charge is -2.35. The second-order valence-corrected chi connectivity index (χ2v) is 5.24. The second kappa shape index (κ2) is 5.17. The van der Waals surface area contributed by atoms with Gasteiger partial charge in [0.15, 0.2) is 0 Å². The van der Waals surface area contributed by atoms with E-state index in [0.29, 0.717) is 6.54 Å². The van der Waals surface area contributed by atoms with Crippen LogP contribution in [-0.2, 0) is 13.0 Å². The molecule has 0 saturated carbocycles. The number of hydrogen-bond donors (Lipinski definition) is 2. The summed E-state index contributed by atoms with van der Waals surface area (Å²) in [5.74, 6) is 0. The van der Waals surface area contributed by atoms with Gasteiger partial charge in [-0.15, -0.1) is 0 Å². The van der Waals surface area contributed by atoms with Crippen LogP contribution in [0.4, 0.5) is 9.18 Å². The van der Waals surface area contributed by atoms with Gasteiger partial charge < -0.3 is 15.5 Å². The molecular formula is C14H18FN3O. The molecule has 1 saturated heterocycles. The van der Waals surface area contributed by atoms with Crippen LogP contribution in [0.5, 0.6) is 0 Å². The molecule has 0 bridgehead atoms. The molecule has 3 rings (SSSR count). The van der Waals surface area contributed by atoms with Crippen LogP contribution >= 0.6 is 0 Å². The summed E-state index contributed by atoms with van der Waals surface area (Å²) >= 11 is 0. The molecule has 1 aromatic carbocycles. The molecule has 19 heavy (non-hydrogen) atoms. The molecule has 4 nitrogen and oxygen atoms in total. The molecule has 2 N–H and O–H groups in total. The SMILES string of the molecule is O=C(NCC1Cc2ccccc2CN1)N1CC(F)C1. The summed E-state index contributed by atoms with van der Waals surface area (Å²) in [5.41, 5.74) is 2.67. The average molecular weight is 263 g/mol. The number of urea groups is 1. The molecule has 102 valence electrons. The maximum atomic E-state index is 12.7. The molecule has 2 amide bonds. The number of rotatable bonds is 2. The summed E-state index contributed by atoms with van der Waals surface area (Å²) in [6, 6.07) is 8.43. The molecule has 1 atom stereocenters. The Morgan fingerprint density at radius 3 is 2.84 bits per heavy atom. The molecule has 0 spiro atoms. The second-order valence-electron chi connectivity index (χ2n) is 5.24. The first kappa shape index (κ1) is 12.4. The Kier molecular flexibility index (Phi) is 3.38. The van der Waals surface area contributed by atoms with Crippen molar-refractivity contribution in [3.05, 3.63) is 35.4 Å². The van der Waals surface area contributed by atoms with Gasteiger partial charge in [0.1, 0.15) is 6.17 Å². The number of benzene rings is 1. The van der Waals surface area contributed by atoms with E-state index in [9.17, 15) is 9.18 Å². The first-order chi connectivity index (χ1) is 9.22. The lowest BCUT2D eigenvalue weighted by Crippen LogP contribution is -2.56. The van der Waals surface area contributed by atoms with E-state index in [1.54, 1.807) is 0 Å². The van der Waals surface area contributed by atoms with Gasteiger partial charge in [0.2, 0.25) is 0 Å². The number of amides is 2. The number of alkyl halides is 1. The topological polar surface area (TPSA) is 44.4 Å². The maximum Gasteiger partial charge on any atom is 0.317 e. The Morgan fingerprint density at radius 1 is 1.37 bits per heavy atom. The monoisotopic (exact) mass is 263 g/mol. The van der Waals surface area contributed by atoms with E-state index in [0.717, 1.165) is 13.0 Å². The van der Waals surface area contributed by atoms with Gasteiger partial charge in [-0.3, -0.25) is 0 Å². The summed E-state index contributed by atoms with van der Waals surface area (Å²) in [5, 5.41) is 6.27. The lowest BCUT2D eigenvalue weighted by atomic mass is 9.96. The normalized spacial score (nSPS) is 22.6. The van der Waals surface area contributed by atoms with Gasteiger partial charge in [-0.25, -0.2) is 9.18 Å². The van der Waals surface area contributed by atoms with Crippen molar-refractivity contribution in [2.75, 3.05) is 19.6 Å². The molecule has 2 heterocycles. The third-order valence-electron chi connectivity index (χ3n) is 3.79. The fraction of sp³-hybridized carbons (Fsp3) is 0.500. The smallest absolute Gasteiger partial charge is 0.317 e. The average Bonchev–Trinajstić information content (AvgIpc) is 2.41. The molecule has 1 aromatic rings. The highest BCUT2D eigenvalue weighted by molar-refractivity contribution is 5.75. The van der Waals surface area contributed by atoms with Crippen molar-refractivity contribution in [2.45, 2.75) is 25.2 Å². The zero-order valence-electron chi connectivity index (χ0n) is 10.7. The lowest BCUT2D eigenvalue weighted by molar-refractivity contribution is 0.0895. The number of nitrogens with one attached hydrogen (secondary N) is 2. The minimum Gasteiger partial charge on any atom is -0.336 e. The van der Waals surface area contributed by atoms with Crippen LogP contribution in [0.15, 0.2) is 24.3 Å². The van der Waals surface area contributed by atoms with Crippen LogP contribution in [0.1, 0.15) is 11.1 Å². The van der Waals surface area contributed by atoms with Crippen LogP contribution in [-0.4, -0.2) is 42.8 Å². The highest BCUT2D eigenvalue weighted by Crippen LogP contribution is 2.16. The predicted molar refractivity (Wildman–Crippen MR) is 70.6 cm³/mol. The number of halogens is 1. The third-order valence-corrected chi connectivity index (χ3v) is 3.79. The predicted octanol–water partition coefficient (Wildman–Crippen LogP) is 1.06. The van der Waals surface area contributed by atoms with E-state index in [-0.39, 0.29) is 25.2 Å². The van der Waals surface area contributed by atoms with Crippen molar-refractivity contribution in [2.24, 2.45) is 0 Å². The van der Waals surface area contributed by atoms with Gasteiger partial charge in [-0.05, 0) is 17.5 Å². The van der Waals surface area contributed by atoms with E-state index >= 15 is 0 Å². The van der Waals surface area contributed by atoms with Crippen molar-refractivity contribution < 1.29 is 9.18 Å². The molecule has 0 aromatic heterocycles. The van der Waals surface area contributed by atoms with Crippen LogP contribution < -0.4 is 10.6 Å². The summed E-state index contributed by atoms with van der Waals surface area (Å²) < 4.78 is 12.7. The zero-order valence-corrected chi connectivity index (χ0v) is 10.7. The molecule has 1 unspecified atom stereocenters.